The van der Waals surface area contributed by atoms with Crippen molar-refractivity contribution < 1.29 is 4.74 Å². The van der Waals surface area contributed by atoms with Crippen LogP contribution in [0.15, 0.2) is 43.1 Å². The number of hydrogen-bond donors (Lipinski definition) is 0. The highest BCUT2D eigenvalue weighted by atomic mass is 35.5. The lowest BCUT2D eigenvalue weighted by atomic mass is 9.97. The van der Waals surface area contributed by atoms with Crippen LogP contribution in [0.5, 0.6) is 5.88 Å². The lowest BCUT2D eigenvalue weighted by Gasteiger charge is -2.33. The highest BCUT2D eigenvalue weighted by Crippen LogP contribution is 2.29. The predicted molar refractivity (Wildman–Crippen MR) is 97.0 cm³/mol. The van der Waals surface area contributed by atoms with Crippen molar-refractivity contribution >= 4 is 28.3 Å². The standard InChI is InChI=1S/C18H18ClN5O/c19-14-1-2-16-15(9-14)18(23-12-22-16)24-7-3-13(4-8-24)11-25-17-10-20-5-6-21-17/h1-2,5-6,9-10,12-13H,3-4,7-8,11H2. The molecule has 3 heterocycles. The average molecular weight is 356 g/mol. The first-order valence-electron chi connectivity index (χ1n) is 8.33. The summed E-state index contributed by atoms with van der Waals surface area (Å²) in [6.45, 7) is 2.54. The summed E-state index contributed by atoms with van der Waals surface area (Å²) in [5.41, 5.74) is 0.919. The first-order chi connectivity index (χ1) is 12.3. The number of hydrogen-bond acceptors (Lipinski definition) is 6. The molecule has 0 amide bonds. The Morgan fingerprint density at radius 3 is 2.80 bits per heavy atom. The fraction of sp³-hybridized carbons (Fsp3) is 0.333. The van der Waals surface area contributed by atoms with Crippen molar-refractivity contribution in [3.8, 4) is 5.88 Å². The smallest absolute Gasteiger partial charge is 0.232 e. The van der Waals surface area contributed by atoms with Gasteiger partial charge in [-0.1, -0.05) is 11.6 Å². The molecule has 1 aliphatic heterocycles. The Kier molecular flexibility index (Phi) is 4.61. The average Bonchev–Trinajstić information content (AvgIpc) is 2.67. The zero-order valence-electron chi connectivity index (χ0n) is 13.7. The van der Waals surface area contributed by atoms with Crippen molar-refractivity contribution in [3.05, 3.63) is 48.1 Å². The molecule has 0 bridgehead atoms. The van der Waals surface area contributed by atoms with E-state index in [9.17, 15) is 0 Å². The summed E-state index contributed by atoms with van der Waals surface area (Å²) in [5.74, 6) is 2.05. The number of fused-ring (bicyclic) bond motifs is 1. The summed E-state index contributed by atoms with van der Waals surface area (Å²) in [4.78, 5) is 19.3. The molecule has 0 aliphatic carbocycles. The van der Waals surface area contributed by atoms with Crippen LogP contribution in [0.2, 0.25) is 5.02 Å². The van der Waals surface area contributed by atoms with Gasteiger partial charge in [0.15, 0.2) is 0 Å². The van der Waals surface area contributed by atoms with Gasteiger partial charge in [-0.25, -0.2) is 15.0 Å². The molecule has 1 aromatic carbocycles. The molecular formula is C18H18ClN5O. The van der Waals surface area contributed by atoms with E-state index >= 15 is 0 Å². The summed E-state index contributed by atoms with van der Waals surface area (Å²) in [6, 6.07) is 5.73. The van der Waals surface area contributed by atoms with E-state index in [1.165, 1.54) is 0 Å². The number of nitrogens with zero attached hydrogens (tertiary/aromatic N) is 5. The molecule has 2 aromatic heterocycles. The van der Waals surface area contributed by atoms with Crippen LogP contribution in [0, 0.1) is 5.92 Å². The number of benzene rings is 1. The number of halogens is 1. The molecule has 1 fully saturated rings. The van der Waals surface area contributed by atoms with Crippen molar-refractivity contribution in [2.45, 2.75) is 12.8 Å². The van der Waals surface area contributed by atoms with Gasteiger partial charge in [-0.2, -0.15) is 0 Å². The first-order valence-corrected chi connectivity index (χ1v) is 8.71. The van der Waals surface area contributed by atoms with Crippen LogP contribution in [-0.4, -0.2) is 39.6 Å². The van der Waals surface area contributed by atoms with Crippen molar-refractivity contribution in [1.29, 1.82) is 0 Å². The first kappa shape index (κ1) is 16.0. The van der Waals surface area contributed by atoms with E-state index in [1.807, 2.05) is 18.2 Å². The molecule has 0 N–H and O–H groups in total. The second kappa shape index (κ2) is 7.19. The summed E-state index contributed by atoms with van der Waals surface area (Å²) in [5, 5.41) is 1.71. The van der Waals surface area contributed by atoms with Crippen molar-refractivity contribution in [2.24, 2.45) is 5.92 Å². The molecule has 0 radical (unpaired) electrons. The molecule has 0 unspecified atom stereocenters. The van der Waals surface area contributed by atoms with Crippen LogP contribution in [0.1, 0.15) is 12.8 Å². The van der Waals surface area contributed by atoms with E-state index in [4.69, 9.17) is 16.3 Å². The molecule has 0 saturated carbocycles. The Balaban J connectivity index is 1.41. The summed E-state index contributed by atoms with van der Waals surface area (Å²) >= 11 is 6.15. The van der Waals surface area contributed by atoms with Crippen LogP contribution in [0.4, 0.5) is 5.82 Å². The second-order valence-corrected chi connectivity index (χ2v) is 6.58. The van der Waals surface area contributed by atoms with E-state index in [0.29, 0.717) is 23.4 Å². The number of aromatic nitrogens is 4. The Labute approximate surface area is 150 Å². The zero-order chi connectivity index (χ0) is 17.1. The van der Waals surface area contributed by atoms with Gasteiger partial charge in [-0.3, -0.25) is 4.98 Å². The van der Waals surface area contributed by atoms with Crippen molar-refractivity contribution in [3.63, 3.8) is 0 Å². The molecule has 1 saturated heterocycles. The third-order valence-electron chi connectivity index (χ3n) is 4.50. The molecule has 0 spiro atoms. The Morgan fingerprint density at radius 1 is 1.12 bits per heavy atom. The quantitative estimate of drug-likeness (QED) is 0.715. The molecule has 128 valence electrons. The maximum absolute atomic E-state index is 6.15. The molecule has 4 rings (SSSR count). The van der Waals surface area contributed by atoms with E-state index in [2.05, 4.69) is 24.8 Å². The third kappa shape index (κ3) is 3.64. The molecule has 7 heteroatoms. The molecular weight excluding hydrogens is 338 g/mol. The topological polar surface area (TPSA) is 64.0 Å². The Morgan fingerprint density at radius 2 is 2.00 bits per heavy atom. The van der Waals surface area contributed by atoms with Gasteiger partial charge in [-0.05, 0) is 37.0 Å². The van der Waals surface area contributed by atoms with Gasteiger partial charge >= 0.3 is 0 Å². The van der Waals surface area contributed by atoms with Crippen LogP contribution >= 0.6 is 11.6 Å². The maximum Gasteiger partial charge on any atom is 0.232 e. The zero-order valence-corrected chi connectivity index (χ0v) is 14.4. The highest BCUT2D eigenvalue weighted by molar-refractivity contribution is 6.31. The largest absolute Gasteiger partial charge is 0.476 e. The molecule has 6 nitrogen and oxygen atoms in total. The van der Waals surface area contributed by atoms with Crippen LogP contribution < -0.4 is 9.64 Å². The number of rotatable bonds is 4. The summed E-state index contributed by atoms with van der Waals surface area (Å²) in [6.07, 6.45) is 8.65. The number of ether oxygens (including phenoxy) is 1. The van der Waals surface area contributed by atoms with E-state index in [-0.39, 0.29) is 0 Å². The Bertz CT molecular complexity index is 852. The van der Waals surface area contributed by atoms with Crippen LogP contribution in [0.3, 0.4) is 0 Å². The third-order valence-corrected chi connectivity index (χ3v) is 4.73. The van der Waals surface area contributed by atoms with Gasteiger partial charge in [-0.15, -0.1) is 0 Å². The van der Waals surface area contributed by atoms with Gasteiger partial charge in [0.2, 0.25) is 5.88 Å². The van der Waals surface area contributed by atoms with E-state index < -0.39 is 0 Å². The van der Waals surface area contributed by atoms with Gasteiger partial charge in [0.1, 0.15) is 12.1 Å². The predicted octanol–water partition coefficient (Wildman–Crippen LogP) is 3.37. The van der Waals surface area contributed by atoms with Gasteiger partial charge in [0.25, 0.3) is 0 Å². The van der Waals surface area contributed by atoms with Crippen molar-refractivity contribution in [1.82, 2.24) is 19.9 Å². The normalized spacial score (nSPS) is 15.5. The number of piperidine rings is 1. The van der Waals surface area contributed by atoms with E-state index in [0.717, 1.165) is 42.7 Å². The highest BCUT2D eigenvalue weighted by Gasteiger charge is 2.22. The minimum Gasteiger partial charge on any atom is -0.476 e. The molecule has 0 atom stereocenters. The molecule has 3 aromatic rings. The lowest BCUT2D eigenvalue weighted by molar-refractivity contribution is 0.215. The van der Waals surface area contributed by atoms with E-state index in [1.54, 1.807) is 24.9 Å². The SMILES string of the molecule is Clc1ccc2ncnc(N3CCC(COc4cnccn4)CC3)c2c1. The maximum atomic E-state index is 6.15. The van der Waals surface area contributed by atoms with Crippen molar-refractivity contribution in [2.75, 3.05) is 24.6 Å². The summed E-state index contributed by atoms with van der Waals surface area (Å²) in [7, 11) is 0. The van der Waals surface area contributed by atoms with Gasteiger partial charge < -0.3 is 9.64 Å². The fourth-order valence-corrected chi connectivity index (χ4v) is 3.31. The van der Waals surface area contributed by atoms with Crippen LogP contribution in [0.25, 0.3) is 10.9 Å². The van der Waals surface area contributed by atoms with Gasteiger partial charge in [0, 0.05) is 35.9 Å². The minimum atomic E-state index is 0.509. The monoisotopic (exact) mass is 355 g/mol. The molecule has 1 aliphatic rings. The van der Waals surface area contributed by atoms with Crippen LogP contribution in [-0.2, 0) is 0 Å². The number of anilines is 1. The fourth-order valence-electron chi connectivity index (χ4n) is 3.14. The molecule has 25 heavy (non-hydrogen) atoms. The lowest BCUT2D eigenvalue weighted by Crippen LogP contribution is -2.36. The summed E-state index contributed by atoms with van der Waals surface area (Å²) < 4.78 is 5.74. The Hall–Kier alpha value is -2.47. The minimum absolute atomic E-state index is 0.509. The van der Waals surface area contributed by atoms with Gasteiger partial charge in [0.05, 0.1) is 18.3 Å². The second-order valence-electron chi connectivity index (χ2n) is 6.14.